The molecule has 1 fully saturated rings. The van der Waals surface area contributed by atoms with Crippen LogP contribution in [0.4, 0.5) is 0 Å². The van der Waals surface area contributed by atoms with Gasteiger partial charge in [0.1, 0.15) is 11.5 Å². The highest BCUT2D eigenvalue weighted by Gasteiger charge is 2.11. The number of carbonyl (C=O) groups is 1. The van der Waals surface area contributed by atoms with Gasteiger partial charge >= 0.3 is 5.97 Å². The minimum Gasteiger partial charge on any atom is -0.462 e. The summed E-state index contributed by atoms with van der Waals surface area (Å²) in [5.41, 5.74) is 0.189. The van der Waals surface area contributed by atoms with Gasteiger partial charge in [-0.25, -0.2) is 9.59 Å². The van der Waals surface area contributed by atoms with Crippen molar-refractivity contribution < 1.29 is 14.3 Å². The Balaban J connectivity index is 2.34. The zero-order chi connectivity index (χ0) is 14.5. The smallest absolute Gasteiger partial charge is 0.345 e. The van der Waals surface area contributed by atoms with Crippen LogP contribution in [0.2, 0.25) is 0 Å². The largest absolute Gasteiger partial charge is 0.462 e. The van der Waals surface area contributed by atoms with E-state index in [1.807, 2.05) is 0 Å². The highest BCUT2D eigenvalue weighted by molar-refractivity contribution is 5.96. The molecule has 1 saturated heterocycles. The van der Waals surface area contributed by atoms with Gasteiger partial charge in [0, 0.05) is 0 Å². The molecule has 20 heavy (non-hydrogen) atoms. The number of rotatable bonds is 0. The third-order valence-corrected chi connectivity index (χ3v) is 3.92. The van der Waals surface area contributed by atoms with Crippen LogP contribution in [0.5, 0.6) is 0 Å². The van der Waals surface area contributed by atoms with Gasteiger partial charge in [-0.1, -0.05) is 64.2 Å². The van der Waals surface area contributed by atoms with Gasteiger partial charge in [0.15, 0.2) is 0 Å². The highest BCUT2D eigenvalue weighted by atomic mass is 16.5. The molecule has 1 aliphatic heterocycles. The fraction of sp³-hybridized carbons (Fsp3) is 0.824. The zero-order valence-corrected chi connectivity index (χ0v) is 12.6. The van der Waals surface area contributed by atoms with Crippen molar-refractivity contribution in [3.05, 3.63) is 5.57 Å². The normalized spacial score (nSPS) is 21.6. The number of hydrogen-bond acceptors (Lipinski definition) is 3. The lowest BCUT2D eigenvalue weighted by Crippen LogP contribution is -2.10. The summed E-state index contributed by atoms with van der Waals surface area (Å²) >= 11 is 0. The van der Waals surface area contributed by atoms with E-state index in [1.54, 1.807) is 5.94 Å². The fourth-order valence-corrected chi connectivity index (χ4v) is 2.62. The van der Waals surface area contributed by atoms with E-state index >= 15 is 0 Å². The Bertz CT molecular complexity index is 316. The average molecular weight is 280 g/mol. The molecule has 3 nitrogen and oxygen atoms in total. The van der Waals surface area contributed by atoms with Gasteiger partial charge in [-0.3, -0.25) is 0 Å². The third kappa shape index (κ3) is 8.16. The summed E-state index contributed by atoms with van der Waals surface area (Å²) in [6.45, 7) is 0.435. The molecule has 1 aliphatic rings. The van der Waals surface area contributed by atoms with Gasteiger partial charge in [-0.05, 0) is 19.3 Å². The summed E-state index contributed by atoms with van der Waals surface area (Å²) in [7, 11) is 0. The molecule has 0 saturated carbocycles. The quantitative estimate of drug-likeness (QED) is 0.376. The van der Waals surface area contributed by atoms with E-state index in [-0.39, 0.29) is 5.57 Å². The van der Waals surface area contributed by atoms with Crippen molar-refractivity contribution in [2.45, 2.75) is 83.5 Å². The molecular weight excluding hydrogens is 252 g/mol. The van der Waals surface area contributed by atoms with Gasteiger partial charge in [0.2, 0.25) is 0 Å². The van der Waals surface area contributed by atoms with Crippen LogP contribution in [0.1, 0.15) is 83.5 Å². The first-order valence-electron chi connectivity index (χ1n) is 8.25. The third-order valence-electron chi connectivity index (χ3n) is 3.92. The number of carbonyl (C=O) groups excluding carboxylic acids is 2. The molecule has 0 aromatic heterocycles. The number of cyclic esters (lactones) is 1. The Labute approximate surface area is 122 Å². The maximum atomic E-state index is 11.7. The van der Waals surface area contributed by atoms with E-state index in [2.05, 4.69) is 0 Å². The van der Waals surface area contributed by atoms with Crippen molar-refractivity contribution >= 4 is 11.9 Å². The van der Waals surface area contributed by atoms with Crippen LogP contribution >= 0.6 is 0 Å². The maximum absolute atomic E-state index is 11.7. The van der Waals surface area contributed by atoms with Crippen molar-refractivity contribution in [1.82, 2.24) is 0 Å². The zero-order valence-electron chi connectivity index (χ0n) is 12.6. The number of hydrogen-bond donors (Lipinski definition) is 0. The van der Waals surface area contributed by atoms with Crippen molar-refractivity contribution in [2.75, 3.05) is 6.61 Å². The van der Waals surface area contributed by atoms with Crippen molar-refractivity contribution in [3.63, 3.8) is 0 Å². The van der Waals surface area contributed by atoms with E-state index in [0.29, 0.717) is 13.0 Å². The molecule has 0 amide bonds. The first-order chi connectivity index (χ1) is 9.84. The van der Waals surface area contributed by atoms with Crippen LogP contribution in [0.15, 0.2) is 5.57 Å². The molecule has 0 spiro atoms. The topological polar surface area (TPSA) is 43.4 Å². The van der Waals surface area contributed by atoms with Crippen LogP contribution in [-0.4, -0.2) is 18.5 Å². The standard InChI is InChI=1S/C17H28O3/c18-15-16-13-11-9-7-5-3-1-2-4-6-8-10-12-14-20-17(16)19/h1-14H2. The van der Waals surface area contributed by atoms with Crippen molar-refractivity contribution in [3.8, 4) is 0 Å². The molecule has 0 unspecified atom stereocenters. The lowest BCUT2D eigenvalue weighted by Gasteiger charge is -2.05. The lowest BCUT2D eigenvalue weighted by molar-refractivity contribution is -0.139. The second kappa shape index (κ2) is 11.7. The van der Waals surface area contributed by atoms with E-state index in [4.69, 9.17) is 4.74 Å². The van der Waals surface area contributed by atoms with Gasteiger partial charge in [0.25, 0.3) is 0 Å². The summed E-state index contributed by atoms with van der Waals surface area (Å²) in [5, 5.41) is 0. The molecule has 0 bridgehead atoms. The molecule has 1 heterocycles. The average Bonchev–Trinajstić information content (AvgIpc) is 2.46. The Kier molecular flexibility index (Phi) is 9.95. The molecule has 0 aromatic carbocycles. The van der Waals surface area contributed by atoms with Crippen LogP contribution < -0.4 is 0 Å². The molecule has 0 radical (unpaired) electrons. The molecule has 3 heteroatoms. The second-order valence-electron chi connectivity index (χ2n) is 5.71. The van der Waals surface area contributed by atoms with E-state index in [0.717, 1.165) is 25.7 Å². The molecular formula is C17H28O3. The molecule has 0 atom stereocenters. The maximum Gasteiger partial charge on any atom is 0.345 e. The van der Waals surface area contributed by atoms with Crippen LogP contribution in [-0.2, 0) is 14.3 Å². The molecule has 0 N–H and O–H groups in total. The molecule has 1 rings (SSSR count). The van der Waals surface area contributed by atoms with Crippen molar-refractivity contribution in [1.29, 1.82) is 0 Å². The van der Waals surface area contributed by atoms with Crippen LogP contribution in [0.3, 0.4) is 0 Å². The molecule has 114 valence electrons. The summed E-state index contributed by atoms with van der Waals surface area (Å²) in [5.74, 6) is 1.30. The highest BCUT2D eigenvalue weighted by Crippen LogP contribution is 2.15. The van der Waals surface area contributed by atoms with Gasteiger partial charge in [-0.2, -0.15) is 0 Å². The minimum atomic E-state index is -0.454. The molecule has 0 aromatic rings. The van der Waals surface area contributed by atoms with E-state index < -0.39 is 5.97 Å². The molecule has 0 aliphatic carbocycles. The Morgan fingerprint density at radius 1 is 0.700 bits per heavy atom. The Morgan fingerprint density at radius 3 is 1.65 bits per heavy atom. The number of esters is 1. The SMILES string of the molecule is O=C=C1CCCCCCCCCCCCCCOC1=O. The van der Waals surface area contributed by atoms with Gasteiger partial charge in [0.05, 0.1) is 6.61 Å². The summed E-state index contributed by atoms with van der Waals surface area (Å²) in [4.78, 5) is 22.5. The van der Waals surface area contributed by atoms with Gasteiger partial charge < -0.3 is 4.74 Å². The summed E-state index contributed by atoms with van der Waals surface area (Å²) in [6, 6.07) is 0. The predicted octanol–water partition coefficient (Wildman–Crippen LogP) is 4.37. The fourth-order valence-electron chi connectivity index (χ4n) is 2.62. The number of ether oxygens (including phenoxy) is 1. The van der Waals surface area contributed by atoms with Crippen molar-refractivity contribution in [2.24, 2.45) is 0 Å². The second-order valence-corrected chi connectivity index (χ2v) is 5.71. The summed E-state index contributed by atoms with van der Waals surface area (Å²) in [6.07, 6.45) is 14.8. The lowest BCUT2D eigenvalue weighted by atomic mass is 10.0. The predicted molar refractivity (Wildman–Crippen MR) is 80.2 cm³/mol. The Morgan fingerprint density at radius 2 is 1.15 bits per heavy atom. The van der Waals surface area contributed by atoms with Gasteiger partial charge in [-0.15, -0.1) is 0 Å². The van der Waals surface area contributed by atoms with Crippen LogP contribution in [0.25, 0.3) is 0 Å². The Hall–Kier alpha value is -1.08. The summed E-state index contributed by atoms with van der Waals surface area (Å²) < 4.78 is 5.13. The van der Waals surface area contributed by atoms with E-state index in [1.165, 1.54) is 51.4 Å². The van der Waals surface area contributed by atoms with Crippen LogP contribution in [0, 0.1) is 0 Å². The van der Waals surface area contributed by atoms with E-state index in [9.17, 15) is 9.59 Å². The first-order valence-corrected chi connectivity index (χ1v) is 8.25. The monoisotopic (exact) mass is 280 g/mol. The minimum absolute atomic E-state index is 0.189. The first kappa shape index (κ1) is 17.0.